The Morgan fingerprint density at radius 2 is 0.885 bits per heavy atom. The molecule has 0 saturated carbocycles. The maximum absolute atomic E-state index is 14.1. The Kier molecular flexibility index (Phi) is 51.5. The number of ketones is 1. The third-order valence-electron chi connectivity index (χ3n) is 18.4. The number of ether oxygens (including phenoxy) is 5. The Morgan fingerprint density at radius 1 is 0.469 bits per heavy atom. The van der Waals surface area contributed by atoms with Crippen LogP contribution in [0.4, 0.5) is 0 Å². The average molecular weight is 1410 g/mol. The molecular formula is C70H133N3O21P2. The van der Waals surface area contributed by atoms with Crippen molar-refractivity contribution in [3.63, 3.8) is 0 Å². The van der Waals surface area contributed by atoms with E-state index >= 15 is 0 Å². The van der Waals surface area contributed by atoms with Gasteiger partial charge in [-0.3, -0.25) is 33.0 Å². The number of aliphatic hydroxyl groups is 3. The van der Waals surface area contributed by atoms with Crippen molar-refractivity contribution in [3.05, 3.63) is 0 Å². The Bertz CT molecular complexity index is 2130. The normalized spacial score (nSPS) is 22.3. The number of hydrogen-bond acceptors (Lipinski definition) is 17. The third kappa shape index (κ3) is 42.0. The second-order valence-corrected chi connectivity index (χ2v) is 29.4. The van der Waals surface area contributed by atoms with Crippen molar-refractivity contribution >= 4 is 45.1 Å². The van der Waals surface area contributed by atoms with Gasteiger partial charge in [0.2, 0.25) is 17.7 Å². The average Bonchev–Trinajstić information content (AvgIpc) is 0.757. The highest BCUT2D eigenvalue weighted by molar-refractivity contribution is 7.46. The summed E-state index contributed by atoms with van der Waals surface area (Å²) in [5.74, 6) is -2.80. The van der Waals surface area contributed by atoms with Crippen molar-refractivity contribution in [1.82, 2.24) is 16.0 Å². The van der Waals surface area contributed by atoms with E-state index in [9.17, 15) is 68.0 Å². The molecule has 0 unspecified atom stereocenters. The number of phosphoric ester groups is 2. The van der Waals surface area contributed by atoms with Crippen molar-refractivity contribution in [2.45, 2.75) is 384 Å². The van der Waals surface area contributed by atoms with Gasteiger partial charge in [0.1, 0.15) is 54.4 Å². The lowest BCUT2D eigenvalue weighted by Crippen LogP contribution is -2.74. The van der Waals surface area contributed by atoms with E-state index in [1.165, 1.54) is 83.5 Å². The number of Topliss-reactive ketones (excluding diaryl/α,β-unsaturated/α-hetero) is 1. The van der Waals surface area contributed by atoms with E-state index in [0.29, 0.717) is 32.1 Å². The topological polar surface area (TPSA) is 362 Å². The molecule has 0 aromatic carbocycles. The molecule has 24 nitrogen and oxygen atoms in total. The SMILES string of the molecule is CCCCCCCCCCCCCC(=O)N[C@H]1[C@H](OC[C@H]2O[C@H](O)[C@](CCOP(=O)(O)O)(NC(=O)CCCCCCCCCCCCC)[C@@H](OC(=O)CNC(=O)CCCCCCCCCCC)[C@@H]2O)O[C@H](CO)[C@@H](OP(=O)(O)O)[C@@H]1OCCCC(=O)CCCCCCCCCC. The fourth-order valence-electron chi connectivity index (χ4n) is 12.7. The van der Waals surface area contributed by atoms with Crippen LogP contribution in [0.15, 0.2) is 0 Å². The zero-order valence-electron chi connectivity index (χ0n) is 59.5. The molecule has 10 N–H and O–H groups in total. The molecule has 0 spiro atoms. The van der Waals surface area contributed by atoms with Crippen LogP contribution in [0.2, 0.25) is 0 Å². The van der Waals surface area contributed by atoms with Crippen LogP contribution in [0.25, 0.3) is 0 Å². The van der Waals surface area contributed by atoms with Crippen molar-refractivity contribution in [3.8, 4) is 0 Å². The number of phosphoric acid groups is 2. The molecule has 2 saturated heterocycles. The molecule has 96 heavy (non-hydrogen) atoms. The first kappa shape index (κ1) is 89.6. The summed E-state index contributed by atoms with van der Waals surface area (Å²) in [7, 11) is -10.6. The second-order valence-electron chi connectivity index (χ2n) is 26.9. The van der Waals surface area contributed by atoms with Gasteiger partial charge < -0.3 is 74.5 Å². The highest BCUT2D eigenvalue weighted by atomic mass is 31.2. The number of unbranched alkanes of at least 4 members (excludes halogenated alkanes) is 35. The van der Waals surface area contributed by atoms with Crippen LogP contribution < -0.4 is 16.0 Å². The van der Waals surface area contributed by atoms with Gasteiger partial charge in [-0.2, -0.15) is 0 Å². The molecule has 2 heterocycles. The lowest BCUT2D eigenvalue weighted by atomic mass is 9.80. The molecule has 0 bridgehead atoms. The van der Waals surface area contributed by atoms with Crippen LogP contribution in [0.1, 0.15) is 323 Å². The number of hydrogen-bond donors (Lipinski definition) is 10. The quantitative estimate of drug-likeness (QED) is 0.0154. The summed E-state index contributed by atoms with van der Waals surface area (Å²) >= 11 is 0. The molecule has 26 heteroatoms. The predicted octanol–water partition coefficient (Wildman–Crippen LogP) is 12.7. The summed E-state index contributed by atoms with van der Waals surface area (Å²) in [5, 5.41) is 43.5. The smallest absolute Gasteiger partial charge is 0.455 e. The van der Waals surface area contributed by atoms with Gasteiger partial charge in [0.25, 0.3) is 0 Å². The maximum Gasteiger partial charge on any atom is 0.470 e. The summed E-state index contributed by atoms with van der Waals surface area (Å²) in [6.45, 7) is 5.22. The Balaban J connectivity index is 2.52. The number of carbonyl (C=O) groups is 5. The van der Waals surface area contributed by atoms with Crippen LogP contribution in [0.3, 0.4) is 0 Å². The van der Waals surface area contributed by atoms with E-state index in [1.54, 1.807) is 0 Å². The summed E-state index contributed by atoms with van der Waals surface area (Å²) in [5.41, 5.74) is -2.37. The maximum atomic E-state index is 14.1. The molecule has 564 valence electrons. The summed E-state index contributed by atoms with van der Waals surface area (Å²) in [6, 6.07) is -1.48. The minimum Gasteiger partial charge on any atom is -0.455 e. The molecule has 2 fully saturated rings. The largest absolute Gasteiger partial charge is 0.470 e. The molecule has 0 radical (unpaired) electrons. The minimum atomic E-state index is -5.39. The fraction of sp³-hybridized carbons (Fsp3) is 0.929. The van der Waals surface area contributed by atoms with E-state index in [0.717, 1.165) is 141 Å². The van der Waals surface area contributed by atoms with Crippen LogP contribution in [-0.4, -0.2) is 158 Å². The van der Waals surface area contributed by atoms with Gasteiger partial charge in [-0.1, -0.05) is 252 Å². The molecule has 0 aromatic rings. The van der Waals surface area contributed by atoms with Gasteiger partial charge in [-0.25, -0.2) is 9.13 Å². The number of rotatable bonds is 63. The van der Waals surface area contributed by atoms with Gasteiger partial charge >= 0.3 is 21.6 Å². The Hall–Kier alpha value is -2.51. The van der Waals surface area contributed by atoms with E-state index in [2.05, 4.69) is 43.6 Å². The number of amides is 3. The molecule has 2 rings (SSSR count). The molecule has 10 atom stereocenters. The number of aliphatic hydroxyl groups excluding tert-OH is 3. The van der Waals surface area contributed by atoms with Gasteiger partial charge in [0.15, 0.2) is 18.7 Å². The summed E-state index contributed by atoms with van der Waals surface area (Å²) in [6.07, 6.45) is 25.3. The predicted molar refractivity (Wildman–Crippen MR) is 369 cm³/mol. The molecule has 0 aliphatic carbocycles. The first-order chi connectivity index (χ1) is 46.1. The first-order valence-electron chi connectivity index (χ1n) is 37.7. The van der Waals surface area contributed by atoms with Gasteiger partial charge in [0.05, 0.1) is 19.8 Å². The van der Waals surface area contributed by atoms with E-state index in [-0.39, 0.29) is 44.5 Å². The van der Waals surface area contributed by atoms with Crippen LogP contribution in [0.5, 0.6) is 0 Å². The monoisotopic (exact) mass is 1410 g/mol. The van der Waals surface area contributed by atoms with E-state index in [1.807, 2.05) is 0 Å². The van der Waals surface area contributed by atoms with Gasteiger partial charge in [-0.05, 0) is 32.1 Å². The van der Waals surface area contributed by atoms with Gasteiger partial charge in [0, 0.05) is 45.1 Å². The number of esters is 1. The second kappa shape index (κ2) is 55.1. The van der Waals surface area contributed by atoms with Crippen molar-refractivity contribution in [2.24, 2.45) is 0 Å². The van der Waals surface area contributed by atoms with Crippen molar-refractivity contribution in [1.29, 1.82) is 0 Å². The summed E-state index contributed by atoms with van der Waals surface area (Å²) in [4.78, 5) is 108. The first-order valence-corrected chi connectivity index (χ1v) is 40.7. The zero-order chi connectivity index (χ0) is 70.7. The van der Waals surface area contributed by atoms with Crippen LogP contribution >= 0.6 is 15.6 Å². The lowest BCUT2D eigenvalue weighted by Gasteiger charge is -2.51. The van der Waals surface area contributed by atoms with Crippen molar-refractivity contribution < 1.29 is 101 Å². The van der Waals surface area contributed by atoms with E-state index in [4.69, 9.17) is 32.7 Å². The number of nitrogens with one attached hydrogen (secondary N) is 3. The Labute approximate surface area is 576 Å². The van der Waals surface area contributed by atoms with Crippen LogP contribution in [-0.2, 0) is 65.8 Å². The molecule has 0 aromatic heterocycles. The Morgan fingerprint density at radius 3 is 1.32 bits per heavy atom. The number of carbonyl (C=O) groups excluding carboxylic acids is 5. The lowest BCUT2D eigenvalue weighted by molar-refractivity contribution is -0.314. The standard InChI is InChI=1S/C70H133N3O21P2/c1-5-9-13-17-21-25-27-30-34-38-42-48-60(77)72-63-66(88-51-44-46-56(75)45-40-36-32-24-20-16-12-8-4)65(94-96(85,86)87)57(54-74)91-68(63)89-55-58-64(80)67(93-62(79)53-71-59(76)47-41-37-33-29-23-19-15-11-7-3)70(69(81)92-58,50-52-90-95(82,83)84)73-61(78)49-43-39-35-31-28-26-22-18-14-10-6-2/h57-58,63-69,74,80-81H,5-55H2,1-4H3,(H,71,76)(H,72,77)(H,73,78)(H2,82,83,84)(H2,85,86,87)/t57-,58-,63-,64-,65-,66-,67+,68-,69+,70-/m1/s1. The van der Waals surface area contributed by atoms with E-state index < -0.39 is 133 Å². The highest BCUT2D eigenvalue weighted by Gasteiger charge is 2.59. The fourth-order valence-corrected chi connectivity index (χ4v) is 13.6. The van der Waals surface area contributed by atoms with Gasteiger partial charge in [-0.15, -0.1) is 0 Å². The highest BCUT2D eigenvalue weighted by Crippen LogP contribution is 2.43. The van der Waals surface area contributed by atoms with Crippen LogP contribution in [0, 0.1) is 0 Å². The minimum absolute atomic E-state index is 0.000551. The molecular weight excluding hydrogens is 1280 g/mol. The molecule has 2 aliphatic heterocycles. The third-order valence-corrected chi connectivity index (χ3v) is 19.4. The zero-order valence-corrected chi connectivity index (χ0v) is 61.3. The molecule has 2 aliphatic rings. The van der Waals surface area contributed by atoms with Crippen molar-refractivity contribution in [2.75, 3.05) is 33.0 Å². The molecule has 3 amide bonds. The summed E-state index contributed by atoms with van der Waals surface area (Å²) < 4.78 is 65.6.